The van der Waals surface area contributed by atoms with Gasteiger partial charge in [-0.3, -0.25) is 4.57 Å². The fourth-order valence-electron chi connectivity index (χ4n) is 2.30. The molecule has 0 saturated carbocycles. The molecular formula is C15H13FN2O2. The van der Waals surface area contributed by atoms with Crippen molar-refractivity contribution in [2.75, 3.05) is 7.11 Å². The van der Waals surface area contributed by atoms with Crippen LogP contribution in [-0.2, 0) is 6.54 Å². The van der Waals surface area contributed by atoms with Gasteiger partial charge in [-0.1, -0.05) is 18.2 Å². The van der Waals surface area contributed by atoms with Crippen LogP contribution >= 0.6 is 0 Å². The van der Waals surface area contributed by atoms with Crippen LogP contribution in [0.25, 0.3) is 11.0 Å². The molecule has 0 aliphatic carbocycles. The Morgan fingerprint density at radius 2 is 2.05 bits per heavy atom. The molecule has 0 aliphatic heterocycles. The fourth-order valence-corrected chi connectivity index (χ4v) is 2.30. The van der Waals surface area contributed by atoms with Crippen LogP contribution in [0.3, 0.4) is 0 Å². The van der Waals surface area contributed by atoms with E-state index in [1.807, 2.05) is 24.3 Å². The Balaban J connectivity index is 2.11. The minimum absolute atomic E-state index is 0.267. The maximum Gasteiger partial charge on any atom is 0.326 e. The molecule has 0 bridgehead atoms. The summed E-state index contributed by atoms with van der Waals surface area (Å²) in [5, 5.41) is 0. The number of aromatic amines is 1. The summed E-state index contributed by atoms with van der Waals surface area (Å²) in [7, 11) is 1.59. The van der Waals surface area contributed by atoms with Crippen LogP contribution in [0.1, 0.15) is 5.56 Å². The lowest BCUT2D eigenvalue weighted by Gasteiger charge is -2.08. The fraction of sp³-hybridized carbons (Fsp3) is 0.133. The molecule has 0 aliphatic rings. The lowest BCUT2D eigenvalue weighted by Crippen LogP contribution is -2.17. The van der Waals surface area contributed by atoms with Crippen molar-refractivity contribution in [3.05, 3.63) is 64.3 Å². The monoisotopic (exact) mass is 272 g/mol. The predicted molar refractivity (Wildman–Crippen MR) is 74.6 cm³/mol. The number of rotatable bonds is 3. The Hall–Kier alpha value is -2.56. The molecule has 1 N–H and O–H groups in total. The van der Waals surface area contributed by atoms with Crippen LogP contribution in [0, 0.1) is 5.82 Å². The average molecular weight is 272 g/mol. The third-order valence-electron chi connectivity index (χ3n) is 3.26. The molecule has 5 heteroatoms. The van der Waals surface area contributed by atoms with Crippen LogP contribution in [0.15, 0.2) is 47.3 Å². The van der Waals surface area contributed by atoms with Crippen molar-refractivity contribution >= 4 is 11.0 Å². The topological polar surface area (TPSA) is 47.0 Å². The van der Waals surface area contributed by atoms with Crippen molar-refractivity contribution < 1.29 is 9.13 Å². The van der Waals surface area contributed by atoms with E-state index in [0.29, 0.717) is 17.6 Å². The van der Waals surface area contributed by atoms with Crippen molar-refractivity contribution in [2.24, 2.45) is 0 Å². The van der Waals surface area contributed by atoms with Crippen LogP contribution < -0.4 is 10.4 Å². The highest BCUT2D eigenvalue weighted by atomic mass is 19.1. The predicted octanol–water partition coefficient (Wildman–Crippen LogP) is 2.53. The van der Waals surface area contributed by atoms with E-state index in [-0.39, 0.29) is 11.5 Å². The minimum atomic E-state index is -0.372. The summed E-state index contributed by atoms with van der Waals surface area (Å²) in [4.78, 5) is 14.7. The van der Waals surface area contributed by atoms with Gasteiger partial charge in [0, 0.05) is 5.56 Å². The van der Waals surface area contributed by atoms with E-state index in [1.165, 1.54) is 12.1 Å². The molecule has 0 atom stereocenters. The van der Waals surface area contributed by atoms with Gasteiger partial charge in [0.1, 0.15) is 11.6 Å². The molecule has 102 valence electrons. The largest absolute Gasteiger partial charge is 0.496 e. The highest BCUT2D eigenvalue weighted by molar-refractivity contribution is 5.75. The summed E-state index contributed by atoms with van der Waals surface area (Å²) < 4.78 is 20.0. The SMILES string of the molecule is COc1ccccc1Cn1c(=O)[nH]c2cc(F)ccc21. The molecule has 0 radical (unpaired) electrons. The van der Waals surface area contributed by atoms with Gasteiger partial charge in [-0.2, -0.15) is 0 Å². The van der Waals surface area contributed by atoms with E-state index in [2.05, 4.69) is 4.98 Å². The maximum absolute atomic E-state index is 13.2. The van der Waals surface area contributed by atoms with Crippen LogP contribution in [-0.4, -0.2) is 16.7 Å². The molecule has 0 amide bonds. The van der Waals surface area contributed by atoms with Gasteiger partial charge in [0.15, 0.2) is 0 Å². The van der Waals surface area contributed by atoms with E-state index in [4.69, 9.17) is 4.74 Å². The smallest absolute Gasteiger partial charge is 0.326 e. The number of ether oxygens (including phenoxy) is 1. The van der Waals surface area contributed by atoms with Crippen molar-refractivity contribution in [2.45, 2.75) is 6.54 Å². The third kappa shape index (κ3) is 2.07. The number of imidazole rings is 1. The summed E-state index contributed by atoms with van der Waals surface area (Å²) in [5.41, 5.74) is 1.78. The summed E-state index contributed by atoms with van der Waals surface area (Å²) in [6.07, 6.45) is 0. The number of para-hydroxylation sites is 1. The standard InChI is InChI=1S/C15H13FN2O2/c1-20-14-5-3-2-4-10(14)9-18-13-7-6-11(16)8-12(13)17-15(18)19/h2-8H,9H2,1H3,(H,17,19). The number of hydrogen-bond donors (Lipinski definition) is 1. The second kappa shape index (κ2) is 4.85. The Morgan fingerprint density at radius 3 is 2.85 bits per heavy atom. The van der Waals surface area contributed by atoms with Crippen LogP contribution in [0.5, 0.6) is 5.75 Å². The number of methoxy groups -OCH3 is 1. The van der Waals surface area contributed by atoms with E-state index in [0.717, 1.165) is 11.3 Å². The second-order valence-electron chi connectivity index (χ2n) is 4.49. The van der Waals surface area contributed by atoms with Gasteiger partial charge < -0.3 is 9.72 Å². The zero-order chi connectivity index (χ0) is 14.1. The summed E-state index contributed by atoms with van der Waals surface area (Å²) in [5.74, 6) is 0.346. The number of benzene rings is 2. The van der Waals surface area contributed by atoms with E-state index < -0.39 is 0 Å². The van der Waals surface area contributed by atoms with Gasteiger partial charge in [-0.25, -0.2) is 9.18 Å². The molecule has 2 aromatic carbocycles. The molecule has 0 spiro atoms. The molecule has 0 fully saturated rings. The average Bonchev–Trinajstić information content (AvgIpc) is 2.75. The van der Waals surface area contributed by atoms with Gasteiger partial charge in [0.25, 0.3) is 0 Å². The lowest BCUT2D eigenvalue weighted by molar-refractivity contribution is 0.408. The Morgan fingerprint density at radius 1 is 1.25 bits per heavy atom. The molecule has 1 aromatic heterocycles. The molecular weight excluding hydrogens is 259 g/mol. The van der Waals surface area contributed by atoms with E-state index >= 15 is 0 Å². The van der Waals surface area contributed by atoms with E-state index in [9.17, 15) is 9.18 Å². The summed E-state index contributed by atoms with van der Waals surface area (Å²) in [6, 6.07) is 11.7. The van der Waals surface area contributed by atoms with Gasteiger partial charge in [-0.15, -0.1) is 0 Å². The number of H-pyrrole nitrogens is 1. The number of hydrogen-bond acceptors (Lipinski definition) is 2. The number of halogens is 1. The highest BCUT2D eigenvalue weighted by Gasteiger charge is 2.10. The van der Waals surface area contributed by atoms with Crippen molar-refractivity contribution in [3.63, 3.8) is 0 Å². The molecule has 3 aromatic rings. The van der Waals surface area contributed by atoms with Crippen molar-refractivity contribution in [3.8, 4) is 5.75 Å². The minimum Gasteiger partial charge on any atom is -0.496 e. The number of nitrogens with one attached hydrogen (secondary N) is 1. The van der Waals surface area contributed by atoms with Crippen LogP contribution in [0.2, 0.25) is 0 Å². The Kier molecular flexibility index (Phi) is 3.02. The first kappa shape index (κ1) is 12.5. The molecule has 0 unspecified atom stereocenters. The summed E-state index contributed by atoms with van der Waals surface area (Å²) in [6.45, 7) is 0.370. The third-order valence-corrected chi connectivity index (χ3v) is 3.26. The normalized spacial score (nSPS) is 10.9. The number of nitrogens with zero attached hydrogens (tertiary/aromatic N) is 1. The number of fused-ring (bicyclic) bond motifs is 1. The van der Waals surface area contributed by atoms with Gasteiger partial charge >= 0.3 is 5.69 Å². The molecule has 0 saturated heterocycles. The summed E-state index contributed by atoms with van der Waals surface area (Å²) >= 11 is 0. The van der Waals surface area contributed by atoms with Gasteiger partial charge in [-0.05, 0) is 24.3 Å². The first-order chi connectivity index (χ1) is 9.69. The molecule has 1 heterocycles. The quantitative estimate of drug-likeness (QED) is 0.796. The first-order valence-electron chi connectivity index (χ1n) is 6.19. The molecule has 4 nitrogen and oxygen atoms in total. The maximum atomic E-state index is 13.2. The zero-order valence-electron chi connectivity index (χ0n) is 10.9. The molecule has 3 rings (SSSR count). The van der Waals surface area contributed by atoms with Crippen molar-refractivity contribution in [1.82, 2.24) is 9.55 Å². The second-order valence-corrected chi connectivity index (χ2v) is 4.49. The van der Waals surface area contributed by atoms with Crippen molar-refractivity contribution in [1.29, 1.82) is 0 Å². The lowest BCUT2D eigenvalue weighted by atomic mass is 10.2. The Bertz CT molecular complexity index is 820. The van der Waals surface area contributed by atoms with Gasteiger partial charge in [0.2, 0.25) is 0 Å². The Labute approximate surface area is 114 Å². The zero-order valence-corrected chi connectivity index (χ0v) is 10.9. The molecule has 20 heavy (non-hydrogen) atoms. The highest BCUT2D eigenvalue weighted by Crippen LogP contribution is 2.20. The number of aromatic nitrogens is 2. The first-order valence-corrected chi connectivity index (χ1v) is 6.19. The van der Waals surface area contributed by atoms with Gasteiger partial charge in [0.05, 0.1) is 24.7 Å². The van der Waals surface area contributed by atoms with Crippen LogP contribution in [0.4, 0.5) is 4.39 Å². The van der Waals surface area contributed by atoms with E-state index in [1.54, 1.807) is 17.7 Å².